The topological polar surface area (TPSA) is 155 Å². The Kier molecular flexibility index (Phi) is 57.2. The molecule has 0 bridgehead atoms. The van der Waals surface area contributed by atoms with Gasteiger partial charge in [0.05, 0.1) is 19.8 Å². The molecule has 0 radical (unpaired) electrons. The maximum Gasteiger partial charge on any atom is 0.472 e. The number of unbranched alkanes of at least 4 members (excludes halogenated alkanes) is 27. The zero-order chi connectivity index (χ0) is 56.9. The third-order valence-corrected chi connectivity index (χ3v) is 14.3. The molecule has 0 aromatic heterocycles. The maximum absolute atomic E-state index is 12.9. The Bertz CT molecular complexity index is 1630. The van der Waals surface area contributed by atoms with Crippen LogP contribution in [0.1, 0.15) is 278 Å². The molecule has 450 valence electrons. The quantitative estimate of drug-likeness (QED) is 0.0197. The largest absolute Gasteiger partial charge is 0.472 e. The Morgan fingerprint density at radius 3 is 1.10 bits per heavy atom. The van der Waals surface area contributed by atoms with Gasteiger partial charge < -0.3 is 24.2 Å². The molecule has 0 aromatic carbocycles. The van der Waals surface area contributed by atoms with E-state index in [-0.39, 0.29) is 25.9 Å². The number of phosphoric acid groups is 1. The van der Waals surface area contributed by atoms with Crippen molar-refractivity contribution < 1.29 is 52.2 Å². The van der Waals surface area contributed by atoms with Crippen LogP contribution in [0, 0.1) is 0 Å². The summed E-state index contributed by atoms with van der Waals surface area (Å²) < 4.78 is 39.6. The SMILES string of the molecule is CC/C=C\C/C=C\C/C=C\C/C=C\C/C=C\CCCC(=O)OC(COC(=O)CCCCCCCCCCC/C=C\C/C=C\CCCCC)COP(=O)(O)OCC(CO)OC(=O)CCCCCCCCCCCCCCCCC. The van der Waals surface area contributed by atoms with E-state index in [1.54, 1.807) is 0 Å². The fourth-order valence-electron chi connectivity index (χ4n) is 8.54. The molecule has 0 fully saturated rings. The molecule has 78 heavy (non-hydrogen) atoms. The fourth-order valence-corrected chi connectivity index (χ4v) is 9.32. The average molecular weight is 1120 g/mol. The first kappa shape index (κ1) is 74.7. The van der Waals surface area contributed by atoms with E-state index in [1.807, 2.05) is 6.08 Å². The van der Waals surface area contributed by atoms with E-state index in [9.17, 15) is 28.9 Å². The number of aliphatic hydroxyl groups excluding tert-OH is 1. The van der Waals surface area contributed by atoms with Crippen molar-refractivity contribution in [2.24, 2.45) is 0 Å². The molecule has 3 unspecified atom stereocenters. The first-order chi connectivity index (χ1) is 38.2. The zero-order valence-corrected chi connectivity index (χ0v) is 50.8. The molecule has 12 heteroatoms. The van der Waals surface area contributed by atoms with Gasteiger partial charge >= 0.3 is 25.7 Å². The van der Waals surface area contributed by atoms with Gasteiger partial charge in [-0.2, -0.15) is 0 Å². The minimum atomic E-state index is -4.77. The van der Waals surface area contributed by atoms with Gasteiger partial charge in [0.15, 0.2) is 6.10 Å². The summed E-state index contributed by atoms with van der Waals surface area (Å²) in [4.78, 5) is 48.7. The summed E-state index contributed by atoms with van der Waals surface area (Å²) in [5.74, 6) is -1.53. The van der Waals surface area contributed by atoms with Crippen LogP contribution in [0.15, 0.2) is 85.1 Å². The Morgan fingerprint density at radius 1 is 0.372 bits per heavy atom. The first-order valence-corrected chi connectivity index (χ1v) is 33.0. The van der Waals surface area contributed by atoms with Gasteiger partial charge in [0, 0.05) is 19.3 Å². The normalized spacial score (nSPS) is 13.9. The van der Waals surface area contributed by atoms with E-state index in [2.05, 4.69) is 99.8 Å². The maximum atomic E-state index is 12.9. The lowest BCUT2D eigenvalue weighted by Gasteiger charge is -2.21. The highest BCUT2D eigenvalue weighted by Gasteiger charge is 2.28. The minimum Gasteiger partial charge on any atom is -0.462 e. The average Bonchev–Trinajstić information content (AvgIpc) is 3.43. The van der Waals surface area contributed by atoms with E-state index in [0.29, 0.717) is 25.7 Å². The molecule has 0 aliphatic carbocycles. The van der Waals surface area contributed by atoms with Gasteiger partial charge in [-0.1, -0.05) is 254 Å². The molecule has 0 spiro atoms. The molecule has 11 nitrogen and oxygen atoms in total. The molecule has 0 saturated heterocycles. The fraction of sp³-hybridized carbons (Fsp3) is 0.742. The van der Waals surface area contributed by atoms with Gasteiger partial charge in [-0.15, -0.1) is 0 Å². The number of ether oxygens (including phenoxy) is 3. The molecule has 2 N–H and O–H groups in total. The number of aliphatic hydroxyl groups is 1. The third kappa shape index (κ3) is 57.3. The van der Waals surface area contributed by atoms with Crippen LogP contribution in [0.25, 0.3) is 0 Å². The van der Waals surface area contributed by atoms with Crippen LogP contribution >= 0.6 is 7.82 Å². The molecule has 0 amide bonds. The summed E-state index contributed by atoms with van der Waals surface area (Å²) in [5.41, 5.74) is 0. The van der Waals surface area contributed by atoms with Crippen LogP contribution in [-0.2, 0) is 42.2 Å². The highest BCUT2D eigenvalue weighted by Crippen LogP contribution is 2.43. The smallest absolute Gasteiger partial charge is 0.462 e. The number of hydrogen-bond donors (Lipinski definition) is 2. The summed E-state index contributed by atoms with van der Waals surface area (Å²) in [6, 6.07) is 0. The highest BCUT2D eigenvalue weighted by molar-refractivity contribution is 7.47. The molecule has 0 heterocycles. The minimum absolute atomic E-state index is 0.0870. The second-order valence-corrected chi connectivity index (χ2v) is 22.3. The Hall–Kier alpha value is -3.34. The first-order valence-electron chi connectivity index (χ1n) is 31.5. The van der Waals surface area contributed by atoms with Crippen molar-refractivity contribution in [3.63, 3.8) is 0 Å². The lowest BCUT2D eigenvalue weighted by Crippen LogP contribution is -2.30. The number of esters is 3. The Labute approximate surface area is 477 Å². The van der Waals surface area contributed by atoms with Crippen molar-refractivity contribution in [1.82, 2.24) is 0 Å². The van der Waals surface area contributed by atoms with Gasteiger partial charge in [-0.3, -0.25) is 23.4 Å². The van der Waals surface area contributed by atoms with E-state index in [0.717, 1.165) is 83.5 Å². The Balaban J connectivity index is 4.77. The lowest BCUT2D eigenvalue weighted by molar-refractivity contribution is -0.161. The summed E-state index contributed by atoms with van der Waals surface area (Å²) in [6.07, 6.45) is 69.7. The predicted molar refractivity (Wildman–Crippen MR) is 325 cm³/mol. The van der Waals surface area contributed by atoms with Gasteiger partial charge in [0.25, 0.3) is 0 Å². The molecular formula is C66H115O11P. The number of rotatable bonds is 58. The zero-order valence-electron chi connectivity index (χ0n) is 49.9. The van der Waals surface area contributed by atoms with E-state index < -0.39 is 57.8 Å². The van der Waals surface area contributed by atoms with Crippen LogP contribution in [0.5, 0.6) is 0 Å². The van der Waals surface area contributed by atoms with E-state index >= 15 is 0 Å². The van der Waals surface area contributed by atoms with Gasteiger partial charge in [0.2, 0.25) is 0 Å². The summed E-state index contributed by atoms with van der Waals surface area (Å²) in [5, 5.41) is 9.84. The Morgan fingerprint density at radius 2 is 0.679 bits per heavy atom. The van der Waals surface area contributed by atoms with Crippen molar-refractivity contribution in [2.75, 3.05) is 26.4 Å². The van der Waals surface area contributed by atoms with Crippen molar-refractivity contribution in [1.29, 1.82) is 0 Å². The molecule has 0 aliphatic heterocycles. The van der Waals surface area contributed by atoms with Gasteiger partial charge in [-0.25, -0.2) is 4.57 Å². The van der Waals surface area contributed by atoms with Crippen molar-refractivity contribution in [2.45, 2.75) is 290 Å². The lowest BCUT2D eigenvalue weighted by atomic mass is 10.0. The number of allylic oxidation sites excluding steroid dienone is 14. The second-order valence-electron chi connectivity index (χ2n) is 20.8. The molecule has 0 saturated carbocycles. The molecule has 0 aliphatic rings. The molecule has 3 atom stereocenters. The standard InChI is InChI=1S/C66H115O11P/c1-4-7-10-13-16-19-22-25-28-30-31-33-35-37-40-43-46-49-52-55-64(68)73-59-63(77-66(70)57-54-51-48-45-42-39-36-32-29-26-23-20-17-14-11-8-5-2)61-75-78(71,72)74-60-62(58-67)76-65(69)56-53-50-47-44-41-38-34-27-24-21-18-15-12-9-6-3/h8,11,16-17,19-20,25-26,28-29,36,39,45,48,62-63,67H,4-7,9-10,12-15,18,21-24,27,30-35,37-38,40-44,46-47,49-61H2,1-3H3,(H,71,72)/b11-8-,19-16-,20-17-,28-25-,29-26-,39-36-,48-45-. The number of phosphoric ester groups is 1. The van der Waals surface area contributed by atoms with Crippen molar-refractivity contribution in [3.8, 4) is 0 Å². The number of carbonyl (C=O) groups is 3. The van der Waals surface area contributed by atoms with Crippen molar-refractivity contribution in [3.05, 3.63) is 85.1 Å². The second kappa shape index (κ2) is 59.8. The van der Waals surface area contributed by atoms with E-state index in [1.165, 1.54) is 128 Å². The third-order valence-electron chi connectivity index (χ3n) is 13.3. The van der Waals surface area contributed by atoms with Crippen LogP contribution in [0.4, 0.5) is 0 Å². The van der Waals surface area contributed by atoms with Crippen LogP contribution in [0.3, 0.4) is 0 Å². The van der Waals surface area contributed by atoms with Gasteiger partial charge in [0.1, 0.15) is 12.7 Å². The summed E-state index contributed by atoms with van der Waals surface area (Å²) in [6.45, 7) is 4.47. The highest BCUT2D eigenvalue weighted by atomic mass is 31.2. The number of carbonyl (C=O) groups excluding carboxylic acids is 3. The van der Waals surface area contributed by atoms with Crippen LogP contribution in [0.2, 0.25) is 0 Å². The summed E-state index contributed by atoms with van der Waals surface area (Å²) >= 11 is 0. The summed E-state index contributed by atoms with van der Waals surface area (Å²) in [7, 11) is -4.77. The number of hydrogen-bond acceptors (Lipinski definition) is 10. The van der Waals surface area contributed by atoms with Crippen molar-refractivity contribution >= 4 is 25.7 Å². The van der Waals surface area contributed by atoms with Crippen LogP contribution in [-0.4, -0.2) is 66.5 Å². The van der Waals surface area contributed by atoms with Gasteiger partial charge in [-0.05, 0) is 89.9 Å². The van der Waals surface area contributed by atoms with Crippen LogP contribution < -0.4 is 0 Å². The predicted octanol–water partition coefficient (Wildman–Crippen LogP) is 19.0. The molecular weight excluding hydrogens is 1000 g/mol. The monoisotopic (exact) mass is 1110 g/mol. The van der Waals surface area contributed by atoms with E-state index in [4.69, 9.17) is 23.3 Å². The molecule has 0 aromatic rings. The molecule has 0 rings (SSSR count).